The third-order valence-corrected chi connectivity index (χ3v) is 4.40. The SMILES string of the molecule is O=C(NCCc1ccc(F)cc1)Nc1ccc(-c2nnnn2C2CC2)cc1. The van der Waals surface area contributed by atoms with Crippen molar-refractivity contribution in [1.82, 2.24) is 25.5 Å². The van der Waals surface area contributed by atoms with E-state index < -0.39 is 0 Å². The molecule has 0 radical (unpaired) electrons. The highest BCUT2D eigenvalue weighted by Gasteiger charge is 2.28. The first-order valence-electron chi connectivity index (χ1n) is 8.86. The fourth-order valence-electron chi connectivity index (χ4n) is 2.80. The molecule has 0 aliphatic heterocycles. The van der Waals surface area contributed by atoms with Gasteiger partial charge in [0.2, 0.25) is 0 Å². The molecule has 0 unspecified atom stereocenters. The summed E-state index contributed by atoms with van der Waals surface area (Å²) in [5.74, 6) is 0.479. The van der Waals surface area contributed by atoms with Crippen molar-refractivity contribution < 1.29 is 9.18 Å². The number of urea groups is 1. The van der Waals surface area contributed by atoms with Gasteiger partial charge >= 0.3 is 6.03 Å². The summed E-state index contributed by atoms with van der Waals surface area (Å²) in [5, 5.41) is 17.5. The maximum atomic E-state index is 12.9. The number of nitrogens with one attached hydrogen (secondary N) is 2. The number of carbonyl (C=O) groups is 1. The van der Waals surface area contributed by atoms with Crippen LogP contribution < -0.4 is 10.6 Å². The third-order valence-electron chi connectivity index (χ3n) is 4.40. The predicted octanol–water partition coefficient (Wildman–Crippen LogP) is 3.18. The molecule has 1 heterocycles. The molecule has 0 spiro atoms. The number of nitrogens with zero attached hydrogens (tertiary/aromatic N) is 4. The Kier molecular flexibility index (Phi) is 4.78. The molecule has 2 amide bonds. The van der Waals surface area contributed by atoms with Gasteiger partial charge in [-0.25, -0.2) is 13.9 Å². The molecule has 3 aromatic rings. The van der Waals surface area contributed by atoms with Crippen LogP contribution in [0.4, 0.5) is 14.9 Å². The Labute approximate surface area is 155 Å². The second-order valence-corrected chi connectivity index (χ2v) is 6.51. The number of hydrogen-bond acceptors (Lipinski definition) is 4. The molecule has 8 heteroatoms. The highest BCUT2D eigenvalue weighted by Crippen LogP contribution is 2.36. The average Bonchev–Trinajstić information content (AvgIpc) is 3.41. The lowest BCUT2D eigenvalue weighted by atomic mass is 10.1. The van der Waals surface area contributed by atoms with E-state index in [9.17, 15) is 9.18 Å². The fraction of sp³-hybridized carbons (Fsp3) is 0.263. The Hall–Kier alpha value is -3.29. The van der Waals surface area contributed by atoms with E-state index in [0.29, 0.717) is 24.7 Å². The van der Waals surface area contributed by atoms with Crippen LogP contribution in [0.2, 0.25) is 0 Å². The Bertz CT molecular complexity index is 918. The highest BCUT2D eigenvalue weighted by atomic mass is 19.1. The summed E-state index contributed by atoms with van der Waals surface area (Å²) in [6.07, 6.45) is 2.85. The van der Waals surface area contributed by atoms with Crippen molar-refractivity contribution in [3.63, 3.8) is 0 Å². The quantitative estimate of drug-likeness (QED) is 0.702. The van der Waals surface area contributed by atoms with E-state index in [1.54, 1.807) is 12.1 Å². The summed E-state index contributed by atoms with van der Waals surface area (Å²) >= 11 is 0. The van der Waals surface area contributed by atoms with Crippen LogP contribution in [0.15, 0.2) is 48.5 Å². The lowest BCUT2D eigenvalue weighted by molar-refractivity contribution is 0.252. The van der Waals surface area contributed by atoms with Gasteiger partial charge in [0.15, 0.2) is 5.82 Å². The number of benzene rings is 2. The van der Waals surface area contributed by atoms with Gasteiger partial charge in [-0.15, -0.1) is 5.10 Å². The van der Waals surface area contributed by atoms with Crippen molar-refractivity contribution in [2.45, 2.75) is 25.3 Å². The molecule has 1 fully saturated rings. The van der Waals surface area contributed by atoms with E-state index >= 15 is 0 Å². The number of rotatable bonds is 6. The molecule has 2 N–H and O–H groups in total. The summed E-state index contributed by atoms with van der Waals surface area (Å²) in [4.78, 5) is 12.0. The normalized spacial score (nSPS) is 13.4. The Morgan fingerprint density at radius 3 is 2.56 bits per heavy atom. The average molecular weight is 366 g/mol. The minimum absolute atomic E-state index is 0.265. The van der Waals surface area contributed by atoms with Crippen molar-refractivity contribution in [1.29, 1.82) is 0 Å². The second kappa shape index (κ2) is 7.53. The number of amides is 2. The number of anilines is 1. The molecule has 4 rings (SSSR count). The van der Waals surface area contributed by atoms with Crippen molar-refractivity contribution in [2.75, 3.05) is 11.9 Å². The Morgan fingerprint density at radius 1 is 1.11 bits per heavy atom. The molecule has 7 nitrogen and oxygen atoms in total. The summed E-state index contributed by atoms with van der Waals surface area (Å²) in [7, 11) is 0. The number of aromatic nitrogens is 4. The smallest absolute Gasteiger partial charge is 0.319 e. The molecular weight excluding hydrogens is 347 g/mol. The highest BCUT2D eigenvalue weighted by molar-refractivity contribution is 5.89. The van der Waals surface area contributed by atoms with E-state index in [4.69, 9.17) is 0 Å². The van der Waals surface area contributed by atoms with Crippen LogP contribution in [0.1, 0.15) is 24.4 Å². The lowest BCUT2D eigenvalue weighted by Gasteiger charge is -2.09. The lowest BCUT2D eigenvalue weighted by Crippen LogP contribution is -2.30. The molecule has 0 saturated heterocycles. The second-order valence-electron chi connectivity index (χ2n) is 6.51. The number of hydrogen-bond donors (Lipinski definition) is 2. The summed E-state index contributed by atoms with van der Waals surface area (Å²) in [5.41, 5.74) is 2.56. The first kappa shape index (κ1) is 17.1. The van der Waals surface area contributed by atoms with E-state index in [0.717, 1.165) is 29.8 Å². The van der Waals surface area contributed by atoms with Crippen LogP contribution in [0.3, 0.4) is 0 Å². The Balaban J connectivity index is 1.29. The molecule has 1 aliphatic rings. The molecular formula is C19H19FN6O. The zero-order valence-electron chi connectivity index (χ0n) is 14.6. The molecule has 1 saturated carbocycles. The van der Waals surface area contributed by atoms with Crippen LogP contribution in [0, 0.1) is 5.82 Å². The van der Waals surface area contributed by atoms with Gasteiger partial charge < -0.3 is 10.6 Å². The minimum Gasteiger partial charge on any atom is -0.338 e. The summed E-state index contributed by atoms with van der Waals surface area (Å²) in [6, 6.07) is 13.8. The van der Waals surface area contributed by atoms with E-state index in [-0.39, 0.29) is 11.8 Å². The topological polar surface area (TPSA) is 84.7 Å². The molecule has 27 heavy (non-hydrogen) atoms. The van der Waals surface area contributed by atoms with E-state index in [1.165, 1.54) is 12.1 Å². The van der Waals surface area contributed by atoms with Crippen molar-refractivity contribution in [3.8, 4) is 11.4 Å². The van der Waals surface area contributed by atoms with Gasteiger partial charge in [0.1, 0.15) is 5.82 Å². The fourth-order valence-corrected chi connectivity index (χ4v) is 2.80. The van der Waals surface area contributed by atoms with Crippen LogP contribution in [0.25, 0.3) is 11.4 Å². The van der Waals surface area contributed by atoms with Gasteiger partial charge in [-0.2, -0.15) is 0 Å². The van der Waals surface area contributed by atoms with Crippen LogP contribution >= 0.6 is 0 Å². The first-order chi connectivity index (χ1) is 13.2. The van der Waals surface area contributed by atoms with Gasteiger partial charge in [0.25, 0.3) is 0 Å². The van der Waals surface area contributed by atoms with Gasteiger partial charge in [0.05, 0.1) is 6.04 Å². The van der Waals surface area contributed by atoms with Gasteiger partial charge in [0, 0.05) is 17.8 Å². The van der Waals surface area contributed by atoms with E-state index in [1.807, 2.05) is 28.9 Å². The predicted molar refractivity (Wildman–Crippen MR) is 98.6 cm³/mol. The molecule has 0 bridgehead atoms. The zero-order valence-corrected chi connectivity index (χ0v) is 14.6. The standard InChI is InChI=1S/C19H19FN6O/c20-15-5-1-13(2-6-15)11-12-21-19(27)22-16-7-3-14(4-8-16)18-23-24-25-26(18)17-9-10-17/h1-8,17H,9-12H2,(H2,21,22,27). The largest absolute Gasteiger partial charge is 0.338 e. The molecule has 1 aromatic heterocycles. The molecule has 1 aliphatic carbocycles. The van der Waals surface area contributed by atoms with Crippen LogP contribution in [0.5, 0.6) is 0 Å². The zero-order chi connectivity index (χ0) is 18.6. The van der Waals surface area contributed by atoms with E-state index in [2.05, 4.69) is 26.2 Å². The maximum absolute atomic E-state index is 12.9. The summed E-state index contributed by atoms with van der Waals surface area (Å²) in [6.45, 7) is 0.464. The maximum Gasteiger partial charge on any atom is 0.319 e. The van der Waals surface area contributed by atoms with Gasteiger partial charge in [-0.1, -0.05) is 12.1 Å². The number of halogens is 1. The Morgan fingerprint density at radius 2 is 1.85 bits per heavy atom. The van der Waals surface area contributed by atoms with Crippen LogP contribution in [-0.4, -0.2) is 32.8 Å². The molecule has 138 valence electrons. The number of tetrazole rings is 1. The first-order valence-corrected chi connectivity index (χ1v) is 8.86. The monoisotopic (exact) mass is 366 g/mol. The summed E-state index contributed by atoms with van der Waals surface area (Å²) < 4.78 is 14.7. The van der Waals surface area contributed by atoms with Crippen molar-refractivity contribution in [2.24, 2.45) is 0 Å². The van der Waals surface area contributed by atoms with Gasteiger partial charge in [-0.3, -0.25) is 0 Å². The van der Waals surface area contributed by atoms with Crippen molar-refractivity contribution in [3.05, 3.63) is 59.9 Å². The third kappa shape index (κ3) is 4.28. The molecule has 2 aromatic carbocycles. The molecule has 0 atom stereocenters. The van der Waals surface area contributed by atoms with Crippen LogP contribution in [-0.2, 0) is 6.42 Å². The van der Waals surface area contributed by atoms with Crippen molar-refractivity contribution >= 4 is 11.7 Å². The minimum atomic E-state index is -0.285. The van der Waals surface area contributed by atoms with Gasteiger partial charge in [-0.05, 0) is 71.7 Å². The number of carbonyl (C=O) groups excluding carboxylic acids is 1.